The summed E-state index contributed by atoms with van der Waals surface area (Å²) in [5, 5.41) is 4.96. The molecule has 2 rings (SSSR count). The number of anilines is 1. The maximum Gasteiger partial charge on any atom is 0.203 e. The molecule has 20 heavy (non-hydrogen) atoms. The fourth-order valence-corrected chi connectivity index (χ4v) is 2.37. The Kier molecular flexibility index (Phi) is 4.57. The van der Waals surface area contributed by atoms with Gasteiger partial charge in [0.25, 0.3) is 0 Å². The van der Waals surface area contributed by atoms with Crippen molar-refractivity contribution in [3.63, 3.8) is 0 Å². The number of methoxy groups -OCH3 is 2. The minimum Gasteiger partial charge on any atom is -0.497 e. The van der Waals surface area contributed by atoms with Crippen molar-refractivity contribution in [1.29, 1.82) is 0 Å². The first-order valence-corrected chi connectivity index (χ1v) is 6.91. The van der Waals surface area contributed by atoms with Gasteiger partial charge in [0, 0.05) is 16.5 Å². The van der Waals surface area contributed by atoms with Gasteiger partial charge in [0.15, 0.2) is 0 Å². The van der Waals surface area contributed by atoms with E-state index in [0.29, 0.717) is 5.75 Å². The number of thiazole rings is 1. The van der Waals surface area contributed by atoms with Gasteiger partial charge in [-0.1, -0.05) is 0 Å². The molecule has 0 aliphatic heterocycles. The number of nitrogens with zero attached hydrogens (tertiary/aromatic N) is 2. The maximum absolute atomic E-state index is 5.30. The second-order valence-electron chi connectivity index (χ2n) is 4.14. The van der Waals surface area contributed by atoms with Gasteiger partial charge in [-0.15, -0.1) is 11.3 Å². The Balaban J connectivity index is 2.11. The van der Waals surface area contributed by atoms with E-state index in [4.69, 9.17) is 9.47 Å². The van der Waals surface area contributed by atoms with Crippen molar-refractivity contribution < 1.29 is 9.47 Å². The normalized spacial score (nSPS) is 10.8. The van der Waals surface area contributed by atoms with Crippen LogP contribution in [-0.2, 0) is 0 Å². The fraction of sp³-hybridized carbons (Fsp3) is 0.286. The van der Waals surface area contributed by atoms with Gasteiger partial charge in [-0.3, -0.25) is 5.43 Å². The molecule has 106 valence electrons. The molecule has 0 fully saturated rings. The Morgan fingerprint density at radius 1 is 1.25 bits per heavy atom. The molecule has 2 aromatic rings. The van der Waals surface area contributed by atoms with Crippen LogP contribution in [0.1, 0.15) is 16.1 Å². The van der Waals surface area contributed by atoms with Crippen LogP contribution < -0.4 is 14.9 Å². The predicted molar refractivity (Wildman–Crippen MR) is 82.4 cm³/mol. The third kappa shape index (κ3) is 3.27. The van der Waals surface area contributed by atoms with Gasteiger partial charge < -0.3 is 9.47 Å². The summed E-state index contributed by atoms with van der Waals surface area (Å²) in [6, 6.07) is 5.57. The van der Waals surface area contributed by atoms with Crippen molar-refractivity contribution in [2.24, 2.45) is 5.10 Å². The Hall–Kier alpha value is -2.08. The molecular weight excluding hydrogens is 274 g/mol. The van der Waals surface area contributed by atoms with E-state index in [2.05, 4.69) is 15.5 Å². The first kappa shape index (κ1) is 14.3. The minimum absolute atomic E-state index is 0.710. The van der Waals surface area contributed by atoms with Gasteiger partial charge >= 0.3 is 0 Å². The zero-order chi connectivity index (χ0) is 14.5. The number of benzene rings is 1. The van der Waals surface area contributed by atoms with Gasteiger partial charge in [-0.05, 0) is 26.0 Å². The quantitative estimate of drug-likeness (QED) is 0.679. The number of nitrogens with one attached hydrogen (secondary N) is 1. The molecule has 0 bridgehead atoms. The van der Waals surface area contributed by atoms with E-state index in [-0.39, 0.29) is 0 Å². The lowest BCUT2D eigenvalue weighted by Gasteiger charge is -2.06. The Morgan fingerprint density at radius 2 is 2.05 bits per heavy atom. The molecule has 0 aliphatic rings. The molecule has 5 nitrogen and oxygen atoms in total. The number of aromatic nitrogens is 1. The summed E-state index contributed by atoms with van der Waals surface area (Å²) < 4.78 is 10.5. The van der Waals surface area contributed by atoms with E-state index in [0.717, 1.165) is 22.1 Å². The van der Waals surface area contributed by atoms with Crippen LogP contribution in [0.25, 0.3) is 0 Å². The van der Waals surface area contributed by atoms with Crippen LogP contribution in [0.3, 0.4) is 0 Å². The molecule has 0 amide bonds. The highest BCUT2D eigenvalue weighted by Gasteiger charge is 2.04. The van der Waals surface area contributed by atoms with Crippen LogP contribution in [0.15, 0.2) is 23.3 Å². The van der Waals surface area contributed by atoms with Crippen LogP contribution in [0.2, 0.25) is 0 Å². The van der Waals surface area contributed by atoms with Crippen molar-refractivity contribution in [2.75, 3.05) is 19.6 Å². The molecule has 0 saturated heterocycles. The molecular formula is C14H17N3O2S. The van der Waals surface area contributed by atoms with E-state index >= 15 is 0 Å². The van der Waals surface area contributed by atoms with Gasteiger partial charge in [0.1, 0.15) is 11.5 Å². The van der Waals surface area contributed by atoms with E-state index < -0.39 is 0 Å². The fourth-order valence-electron chi connectivity index (χ4n) is 1.60. The first-order chi connectivity index (χ1) is 9.63. The highest BCUT2D eigenvalue weighted by Crippen LogP contribution is 2.24. The van der Waals surface area contributed by atoms with Crippen molar-refractivity contribution >= 4 is 22.7 Å². The summed E-state index contributed by atoms with van der Waals surface area (Å²) in [5.41, 5.74) is 4.81. The van der Waals surface area contributed by atoms with Crippen molar-refractivity contribution in [3.8, 4) is 11.5 Å². The standard InChI is InChI=1S/C14H17N3O2S/c1-9-10(2)20-14(16-9)17-15-8-11-5-6-12(18-3)7-13(11)19-4/h5-8H,1-4H3,(H,16,17)/b15-8+. The lowest BCUT2D eigenvalue weighted by molar-refractivity contribution is 0.394. The molecule has 0 unspecified atom stereocenters. The summed E-state index contributed by atoms with van der Waals surface area (Å²) >= 11 is 1.58. The largest absolute Gasteiger partial charge is 0.497 e. The SMILES string of the molecule is COc1ccc(/C=N/Nc2nc(C)c(C)s2)c(OC)c1. The smallest absolute Gasteiger partial charge is 0.203 e. The third-order valence-corrected chi connectivity index (χ3v) is 3.81. The molecule has 0 saturated carbocycles. The molecule has 0 aliphatic carbocycles. The Morgan fingerprint density at radius 3 is 2.65 bits per heavy atom. The zero-order valence-corrected chi connectivity index (χ0v) is 12.7. The summed E-state index contributed by atoms with van der Waals surface area (Å²) in [5.74, 6) is 1.46. The van der Waals surface area contributed by atoms with Gasteiger partial charge in [0.05, 0.1) is 26.1 Å². The molecule has 1 N–H and O–H groups in total. The minimum atomic E-state index is 0.710. The number of rotatable bonds is 5. The number of ether oxygens (including phenoxy) is 2. The summed E-state index contributed by atoms with van der Waals surface area (Å²) in [6.07, 6.45) is 1.70. The number of hydrazone groups is 1. The van der Waals surface area contributed by atoms with Crippen LogP contribution in [0.4, 0.5) is 5.13 Å². The van der Waals surface area contributed by atoms with E-state index in [1.54, 1.807) is 31.8 Å². The van der Waals surface area contributed by atoms with Crippen molar-refractivity contribution in [3.05, 3.63) is 34.3 Å². The second kappa shape index (κ2) is 6.38. The predicted octanol–water partition coefficient (Wildman–Crippen LogP) is 3.22. The topological polar surface area (TPSA) is 55.7 Å². The van der Waals surface area contributed by atoms with Gasteiger partial charge in [0.2, 0.25) is 5.13 Å². The highest BCUT2D eigenvalue weighted by molar-refractivity contribution is 7.15. The average Bonchev–Trinajstić information content (AvgIpc) is 2.78. The second-order valence-corrected chi connectivity index (χ2v) is 5.34. The molecule has 0 radical (unpaired) electrons. The van der Waals surface area contributed by atoms with Crippen molar-refractivity contribution in [1.82, 2.24) is 4.98 Å². The molecule has 1 aromatic carbocycles. The number of hydrogen-bond acceptors (Lipinski definition) is 6. The van der Waals surface area contributed by atoms with Crippen LogP contribution in [0, 0.1) is 13.8 Å². The Bertz CT molecular complexity index is 603. The molecule has 6 heteroatoms. The third-order valence-electron chi connectivity index (χ3n) is 2.83. The lowest BCUT2D eigenvalue weighted by atomic mass is 10.2. The number of aryl methyl sites for hydroxylation is 2. The molecule has 0 spiro atoms. The Labute approximate surface area is 122 Å². The van der Waals surface area contributed by atoms with Crippen LogP contribution in [0.5, 0.6) is 11.5 Å². The van der Waals surface area contributed by atoms with Gasteiger partial charge in [-0.2, -0.15) is 5.10 Å². The number of hydrogen-bond donors (Lipinski definition) is 1. The molecule has 1 heterocycles. The van der Waals surface area contributed by atoms with E-state index in [1.807, 2.05) is 32.0 Å². The zero-order valence-electron chi connectivity index (χ0n) is 11.9. The highest BCUT2D eigenvalue weighted by atomic mass is 32.1. The van der Waals surface area contributed by atoms with Crippen LogP contribution in [-0.4, -0.2) is 25.4 Å². The van der Waals surface area contributed by atoms with Gasteiger partial charge in [-0.25, -0.2) is 4.98 Å². The van der Waals surface area contributed by atoms with Crippen LogP contribution >= 0.6 is 11.3 Å². The summed E-state index contributed by atoms with van der Waals surface area (Å²) in [4.78, 5) is 5.54. The lowest BCUT2D eigenvalue weighted by Crippen LogP contribution is -1.95. The van der Waals surface area contributed by atoms with E-state index in [9.17, 15) is 0 Å². The first-order valence-electron chi connectivity index (χ1n) is 6.09. The maximum atomic E-state index is 5.30. The monoisotopic (exact) mass is 291 g/mol. The molecule has 1 aromatic heterocycles. The van der Waals surface area contributed by atoms with E-state index in [1.165, 1.54) is 4.88 Å². The summed E-state index contributed by atoms with van der Waals surface area (Å²) in [6.45, 7) is 4.02. The molecule has 0 atom stereocenters. The summed E-state index contributed by atoms with van der Waals surface area (Å²) in [7, 11) is 3.24. The average molecular weight is 291 g/mol. The van der Waals surface area contributed by atoms with Crippen molar-refractivity contribution in [2.45, 2.75) is 13.8 Å².